The normalized spacial score (nSPS) is 10.8. The minimum absolute atomic E-state index is 0. The van der Waals surface area contributed by atoms with E-state index >= 15 is 0 Å². The second-order valence-electron chi connectivity index (χ2n) is 8.87. The van der Waals surface area contributed by atoms with E-state index in [-0.39, 0.29) is 42.0 Å². The molecule has 5 rings (SSSR count). The Balaban J connectivity index is 0.00000405. The minimum atomic E-state index is -4.77. The third-order valence-electron chi connectivity index (χ3n) is 5.90. The molecule has 212 valence electrons. The van der Waals surface area contributed by atoms with Crippen molar-refractivity contribution in [1.29, 1.82) is 0 Å². The van der Waals surface area contributed by atoms with Crippen LogP contribution in [0, 0.1) is 24.6 Å². The number of aryl methyl sites for hydroxylation is 1. The summed E-state index contributed by atoms with van der Waals surface area (Å²) in [5.74, 6) is 4.55. The molecule has 0 spiro atoms. The van der Waals surface area contributed by atoms with Gasteiger partial charge in [0.15, 0.2) is 5.82 Å². The number of alkyl halides is 3. The maximum absolute atomic E-state index is 14.1. The number of pyridine rings is 1. The lowest BCUT2D eigenvalue weighted by Crippen LogP contribution is -2.17. The molecule has 11 heteroatoms. The Morgan fingerprint density at radius 1 is 0.857 bits per heavy atom. The third kappa shape index (κ3) is 7.00. The van der Waals surface area contributed by atoms with Crippen LogP contribution in [0.15, 0.2) is 89.7 Å². The number of aromatic amines is 1. The van der Waals surface area contributed by atoms with E-state index in [1.54, 1.807) is 67.6 Å². The maximum Gasteiger partial charge on any atom is 0.417 e. The van der Waals surface area contributed by atoms with Gasteiger partial charge in [-0.3, -0.25) is 9.97 Å². The summed E-state index contributed by atoms with van der Waals surface area (Å²) in [6.07, 6.45) is -4.77. The predicted molar refractivity (Wildman–Crippen MR) is 151 cm³/mol. The van der Waals surface area contributed by atoms with Crippen LogP contribution in [0.4, 0.5) is 17.6 Å². The molecule has 0 amide bonds. The summed E-state index contributed by atoms with van der Waals surface area (Å²) >= 11 is 0. The molecule has 0 aliphatic heterocycles. The van der Waals surface area contributed by atoms with E-state index in [1.807, 2.05) is 0 Å². The SMILES string of the molecule is Cc1cccc(COc2cccc(C(F)(F)F)c2-c2nc(-c3ccc(C#Cc4ccccc4F)cc3)nc(=O)[nH]2)n1.Cl. The van der Waals surface area contributed by atoms with Gasteiger partial charge in [0.2, 0.25) is 0 Å². The molecule has 0 bridgehead atoms. The molecule has 42 heavy (non-hydrogen) atoms. The Morgan fingerprint density at radius 3 is 2.31 bits per heavy atom. The Bertz CT molecular complexity index is 1850. The molecule has 3 aromatic carbocycles. The van der Waals surface area contributed by atoms with Gasteiger partial charge in [-0.1, -0.05) is 36.1 Å². The van der Waals surface area contributed by atoms with Crippen molar-refractivity contribution in [3.8, 4) is 40.4 Å². The summed E-state index contributed by atoms with van der Waals surface area (Å²) in [5.41, 5.74) is 0.0323. The molecule has 0 unspecified atom stereocenters. The zero-order chi connectivity index (χ0) is 29.0. The fraction of sp³-hybridized carbons (Fsp3) is 0.0968. The molecule has 0 fully saturated rings. The highest BCUT2D eigenvalue weighted by Gasteiger charge is 2.36. The first kappa shape index (κ1) is 30.0. The van der Waals surface area contributed by atoms with Crippen molar-refractivity contribution in [3.05, 3.63) is 129 Å². The van der Waals surface area contributed by atoms with Crippen LogP contribution < -0.4 is 10.4 Å². The maximum atomic E-state index is 14.1. The molecule has 2 aromatic heterocycles. The summed E-state index contributed by atoms with van der Waals surface area (Å²) in [5, 5.41) is 0. The lowest BCUT2D eigenvalue weighted by atomic mass is 10.0. The van der Waals surface area contributed by atoms with Crippen LogP contribution in [0.25, 0.3) is 22.8 Å². The van der Waals surface area contributed by atoms with Gasteiger partial charge in [-0.2, -0.15) is 18.2 Å². The molecule has 0 atom stereocenters. The van der Waals surface area contributed by atoms with Gasteiger partial charge in [-0.05, 0) is 67.6 Å². The fourth-order valence-electron chi connectivity index (χ4n) is 4.00. The lowest BCUT2D eigenvalue weighted by molar-refractivity contribution is -0.137. The Morgan fingerprint density at radius 2 is 1.60 bits per heavy atom. The Hall–Kier alpha value is -5.01. The fourth-order valence-corrected chi connectivity index (χ4v) is 4.00. The van der Waals surface area contributed by atoms with E-state index in [0.29, 0.717) is 16.8 Å². The topological polar surface area (TPSA) is 80.8 Å². The minimum Gasteiger partial charge on any atom is -0.487 e. The number of halogens is 5. The van der Waals surface area contributed by atoms with Gasteiger partial charge in [-0.25, -0.2) is 14.2 Å². The van der Waals surface area contributed by atoms with Crippen LogP contribution in [0.5, 0.6) is 5.75 Å². The van der Waals surface area contributed by atoms with Crippen LogP contribution in [0.2, 0.25) is 0 Å². The zero-order valence-corrected chi connectivity index (χ0v) is 22.7. The van der Waals surface area contributed by atoms with Crippen LogP contribution in [0.1, 0.15) is 28.1 Å². The molecule has 0 saturated carbocycles. The van der Waals surface area contributed by atoms with Gasteiger partial charge >= 0.3 is 11.9 Å². The van der Waals surface area contributed by atoms with E-state index in [4.69, 9.17) is 4.74 Å². The van der Waals surface area contributed by atoms with Crippen molar-refractivity contribution in [2.75, 3.05) is 0 Å². The highest BCUT2D eigenvalue weighted by Crippen LogP contribution is 2.41. The number of ether oxygens (including phenoxy) is 1. The van der Waals surface area contributed by atoms with Crippen molar-refractivity contribution >= 4 is 12.4 Å². The summed E-state index contributed by atoms with van der Waals surface area (Å²) in [4.78, 5) is 27.3. The number of H-pyrrole nitrogens is 1. The molecular weight excluding hydrogens is 572 g/mol. The number of hydrogen-bond donors (Lipinski definition) is 1. The lowest BCUT2D eigenvalue weighted by Gasteiger charge is -2.17. The number of hydrogen-bond acceptors (Lipinski definition) is 5. The molecule has 1 N–H and O–H groups in total. The van der Waals surface area contributed by atoms with E-state index < -0.39 is 28.8 Å². The molecular formula is C31H21ClF4N4O2. The van der Waals surface area contributed by atoms with Crippen LogP contribution in [-0.4, -0.2) is 19.9 Å². The second kappa shape index (κ2) is 12.7. The highest BCUT2D eigenvalue weighted by molar-refractivity contribution is 5.85. The third-order valence-corrected chi connectivity index (χ3v) is 5.90. The summed E-state index contributed by atoms with van der Waals surface area (Å²) in [7, 11) is 0. The largest absolute Gasteiger partial charge is 0.487 e. The number of rotatable bonds is 5. The van der Waals surface area contributed by atoms with Gasteiger partial charge in [0.05, 0.1) is 22.4 Å². The molecule has 0 saturated heterocycles. The van der Waals surface area contributed by atoms with Gasteiger partial charge < -0.3 is 4.74 Å². The summed E-state index contributed by atoms with van der Waals surface area (Å²) < 4.78 is 61.8. The van der Waals surface area contributed by atoms with Crippen molar-refractivity contribution in [1.82, 2.24) is 19.9 Å². The average Bonchev–Trinajstić information content (AvgIpc) is 2.95. The first-order chi connectivity index (χ1) is 19.7. The number of nitrogens with zero attached hydrogens (tertiary/aromatic N) is 3. The monoisotopic (exact) mass is 592 g/mol. The average molecular weight is 593 g/mol. The molecule has 6 nitrogen and oxygen atoms in total. The van der Waals surface area contributed by atoms with Gasteiger partial charge in [0, 0.05) is 16.8 Å². The Kier molecular flexibility index (Phi) is 9.03. The first-order valence-corrected chi connectivity index (χ1v) is 12.3. The number of benzene rings is 3. The molecule has 0 aliphatic rings. The van der Waals surface area contributed by atoms with Crippen molar-refractivity contribution in [3.63, 3.8) is 0 Å². The van der Waals surface area contributed by atoms with Crippen molar-refractivity contribution < 1.29 is 22.3 Å². The number of nitrogens with one attached hydrogen (secondary N) is 1. The highest BCUT2D eigenvalue weighted by atomic mass is 35.5. The first-order valence-electron chi connectivity index (χ1n) is 12.3. The Labute approximate surface area is 243 Å². The molecule has 0 aliphatic carbocycles. The molecule has 0 radical (unpaired) electrons. The number of aromatic nitrogens is 4. The van der Waals surface area contributed by atoms with Crippen LogP contribution >= 0.6 is 12.4 Å². The molecule has 5 aromatic rings. The smallest absolute Gasteiger partial charge is 0.417 e. The van der Waals surface area contributed by atoms with Gasteiger partial charge in [0.25, 0.3) is 0 Å². The van der Waals surface area contributed by atoms with E-state index in [9.17, 15) is 22.4 Å². The summed E-state index contributed by atoms with van der Waals surface area (Å²) in [6, 6.07) is 21.2. The molecule has 2 heterocycles. The van der Waals surface area contributed by atoms with Crippen LogP contribution in [0.3, 0.4) is 0 Å². The van der Waals surface area contributed by atoms with E-state index in [0.717, 1.165) is 11.8 Å². The second-order valence-corrected chi connectivity index (χ2v) is 8.87. The van der Waals surface area contributed by atoms with Crippen molar-refractivity contribution in [2.45, 2.75) is 19.7 Å². The van der Waals surface area contributed by atoms with E-state index in [1.165, 1.54) is 18.2 Å². The van der Waals surface area contributed by atoms with Crippen LogP contribution in [-0.2, 0) is 12.8 Å². The quantitative estimate of drug-likeness (QED) is 0.180. The van der Waals surface area contributed by atoms with Gasteiger partial charge in [-0.15, -0.1) is 12.4 Å². The predicted octanol–water partition coefficient (Wildman–Crippen LogP) is 6.76. The standard InChI is InChI=1S/C31H20F4N4O2.ClH/c1-19-6-4-8-23(36-19)18-41-26-11-5-9-24(31(33,34)35)27(26)29-37-28(38-30(40)39-29)22-16-13-20(14-17-22)12-15-21-7-2-3-10-25(21)32;/h2-11,13-14,16-17H,18H2,1H3,(H,37,38,39,40);1H. The van der Waals surface area contributed by atoms with E-state index in [2.05, 4.69) is 31.8 Å². The summed E-state index contributed by atoms with van der Waals surface area (Å²) in [6.45, 7) is 1.68. The zero-order valence-electron chi connectivity index (χ0n) is 21.9. The van der Waals surface area contributed by atoms with Crippen molar-refractivity contribution in [2.24, 2.45) is 0 Å². The van der Waals surface area contributed by atoms with Gasteiger partial charge in [0.1, 0.15) is 24.0 Å².